The zero-order chi connectivity index (χ0) is 21.6. The Balaban J connectivity index is 1.56. The molecule has 31 heavy (non-hydrogen) atoms. The zero-order valence-electron chi connectivity index (χ0n) is 17.5. The van der Waals surface area contributed by atoms with E-state index in [2.05, 4.69) is 27.4 Å². The molecule has 0 spiro atoms. The average Bonchev–Trinajstić information content (AvgIpc) is 3.34. The fraction of sp³-hybridized carbons (Fsp3) is 0.292. The third-order valence-corrected chi connectivity index (χ3v) is 5.54. The minimum Gasteiger partial charge on any atom is -0.459 e. The fourth-order valence-electron chi connectivity index (χ4n) is 3.70. The van der Waals surface area contributed by atoms with Gasteiger partial charge in [0.1, 0.15) is 0 Å². The summed E-state index contributed by atoms with van der Waals surface area (Å²) >= 11 is 0. The van der Waals surface area contributed by atoms with Gasteiger partial charge in [0, 0.05) is 43.4 Å². The third-order valence-electron chi connectivity index (χ3n) is 5.54. The van der Waals surface area contributed by atoms with Crippen LogP contribution in [-0.4, -0.2) is 29.9 Å². The van der Waals surface area contributed by atoms with Crippen molar-refractivity contribution in [1.29, 1.82) is 0 Å². The van der Waals surface area contributed by atoms with Crippen molar-refractivity contribution in [3.05, 3.63) is 78.0 Å². The molecule has 2 amide bonds. The molecule has 0 radical (unpaired) electrons. The lowest BCUT2D eigenvalue weighted by Gasteiger charge is -2.33. The number of nitrogens with zero attached hydrogens (tertiary/aromatic N) is 2. The van der Waals surface area contributed by atoms with Gasteiger partial charge in [0.25, 0.3) is 11.8 Å². The van der Waals surface area contributed by atoms with Gasteiger partial charge in [-0.15, -0.1) is 0 Å². The Morgan fingerprint density at radius 1 is 1.13 bits per heavy atom. The van der Waals surface area contributed by atoms with E-state index in [1.807, 2.05) is 24.3 Å². The van der Waals surface area contributed by atoms with Crippen molar-refractivity contribution >= 4 is 23.2 Å². The van der Waals surface area contributed by atoms with Crippen LogP contribution in [0.2, 0.25) is 0 Å². The number of carbonyl (C=O) groups excluding carboxylic acids is 2. The first-order valence-corrected chi connectivity index (χ1v) is 10.5. The van der Waals surface area contributed by atoms with Crippen LogP contribution in [0.25, 0.3) is 0 Å². The standard InChI is InChI=1S/C24H26N4O3/c1-17-8-11-28(12-9-17)21-7-6-19(27-24(30)22-5-3-13-31-22)14-20(21)23(29)26-16-18-4-2-10-25-15-18/h2-7,10,13-15,17H,8-9,11-12,16H2,1H3,(H,26,29)(H,27,30). The van der Waals surface area contributed by atoms with Gasteiger partial charge in [-0.2, -0.15) is 0 Å². The highest BCUT2D eigenvalue weighted by atomic mass is 16.3. The van der Waals surface area contributed by atoms with Crippen molar-refractivity contribution in [3.63, 3.8) is 0 Å². The first-order valence-electron chi connectivity index (χ1n) is 10.5. The number of nitrogens with one attached hydrogen (secondary N) is 2. The number of piperidine rings is 1. The van der Waals surface area contributed by atoms with E-state index >= 15 is 0 Å². The highest BCUT2D eigenvalue weighted by molar-refractivity contribution is 6.05. The van der Waals surface area contributed by atoms with Gasteiger partial charge in [0.15, 0.2) is 5.76 Å². The Labute approximate surface area is 181 Å². The molecule has 0 aliphatic carbocycles. The summed E-state index contributed by atoms with van der Waals surface area (Å²) < 4.78 is 5.16. The van der Waals surface area contributed by atoms with E-state index in [1.54, 1.807) is 30.6 Å². The Bertz CT molecular complexity index is 1030. The topological polar surface area (TPSA) is 87.5 Å². The molecule has 2 N–H and O–H groups in total. The molecule has 160 valence electrons. The maximum Gasteiger partial charge on any atom is 0.291 e. The fourth-order valence-corrected chi connectivity index (χ4v) is 3.70. The van der Waals surface area contributed by atoms with E-state index in [0.717, 1.165) is 37.2 Å². The first kappa shape index (κ1) is 20.7. The highest BCUT2D eigenvalue weighted by Gasteiger charge is 2.22. The normalized spacial score (nSPS) is 14.3. The summed E-state index contributed by atoms with van der Waals surface area (Å²) in [7, 11) is 0. The van der Waals surface area contributed by atoms with Crippen LogP contribution in [0.5, 0.6) is 0 Å². The van der Waals surface area contributed by atoms with Gasteiger partial charge in [0.2, 0.25) is 0 Å². The molecular formula is C24H26N4O3. The Hall–Kier alpha value is -3.61. The highest BCUT2D eigenvalue weighted by Crippen LogP contribution is 2.29. The SMILES string of the molecule is CC1CCN(c2ccc(NC(=O)c3ccco3)cc2C(=O)NCc2cccnc2)CC1. The number of hydrogen-bond donors (Lipinski definition) is 2. The van der Waals surface area contributed by atoms with Gasteiger partial charge in [-0.1, -0.05) is 13.0 Å². The molecule has 1 aliphatic heterocycles. The summed E-state index contributed by atoms with van der Waals surface area (Å²) in [6.07, 6.45) is 7.06. The number of benzene rings is 1. The Morgan fingerprint density at radius 3 is 2.68 bits per heavy atom. The number of aromatic nitrogens is 1. The van der Waals surface area contributed by atoms with Crippen LogP contribution < -0.4 is 15.5 Å². The van der Waals surface area contributed by atoms with E-state index in [-0.39, 0.29) is 17.6 Å². The quantitative estimate of drug-likeness (QED) is 0.629. The van der Waals surface area contributed by atoms with Crippen LogP contribution in [0.15, 0.2) is 65.5 Å². The number of amides is 2. The van der Waals surface area contributed by atoms with Crippen molar-refractivity contribution in [2.24, 2.45) is 5.92 Å². The first-order chi connectivity index (χ1) is 15.1. The summed E-state index contributed by atoms with van der Waals surface area (Å²) in [5.41, 5.74) is 2.89. The van der Waals surface area contributed by atoms with Gasteiger partial charge in [-0.25, -0.2) is 0 Å². The van der Waals surface area contributed by atoms with E-state index < -0.39 is 0 Å². The lowest BCUT2D eigenvalue weighted by molar-refractivity contribution is 0.0949. The van der Waals surface area contributed by atoms with E-state index in [9.17, 15) is 9.59 Å². The van der Waals surface area contributed by atoms with Crippen molar-refractivity contribution in [2.45, 2.75) is 26.3 Å². The van der Waals surface area contributed by atoms with Crippen LogP contribution >= 0.6 is 0 Å². The molecule has 3 heterocycles. The number of carbonyl (C=O) groups is 2. The summed E-state index contributed by atoms with van der Waals surface area (Å²) in [4.78, 5) is 31.8. The zero-order valence-corrected chi connectivity index (χ0v) is 17.5. The van der Waals surface area contributed by atoms with Gasteiger partial charge < -0.3 is 20.0 Å². The predicted molar refractivity (Wildman–Crippen MR) is 119 cm³/mol. The summed E-state index contributed by atoms with van der Waals surface area (Å²) in [6, 6.07) is 12.5. The van der Waals surface area contributed by atoms with E-state index in [4.69, 9.17) is 4.42 Å². The van der Waals surface area contributed by atoms with E-state index in [1.165, 1.54) is 6.26 Å². The van der Waals surface area contributed by atoms with Crippen LogP contribution in [-0.2, 0) is 6.54 Å². The molecule has 0 atom stereocenters. The van der Waals surface area contributed by atoms with Crippen LogP contribution in [0.3, 0.4) is 0 Å². The maximum atomic E-state index is 13.1. The second-order valence-corrected chi connectivity index (χ2v) is 7.88. The predicted octanol–water partition coefficient (Wildman–Crippen LogP) is 4.09. The summed E-state index contributed by atoms with van der Waals surface area (Å²) in [5, 5.41) is 5.78. The maximum absolute atomic E-state index is 13.1. The average molecular weight is 418 g/mol. The molecule has 4 rings (SSSR count). The van der Waals surface area contributed by atoms with Crippen molar-refractivity contribution in [1.82, 2.24) is 10.3 Å². The number of hydrogen-bond acceptors (Lipinski definition) is 5. The molecule has 1 aliphatic rings. The number of anilines is 2. The molecule has 3 aromatic rings. The van der Waals surface area contributed by atoms with Gasteiger partial charge in [-0.3, -0.25) is 14.6 Å². The van der Waals surface area contributed by atoms with Gasteiger partial charge in [-0.05, 0) is 60.7 Å². The third kappa shape index (κ3) is 5.12. The summed E-state index contributed by atoms with van der Waals surface area (Å²) in [6.45, 7) is 4.45. The lowest BCUT2D eigenvalue weighted by atomic mass is 9.97. The largest absolute Gasteiger partial charge is 0.459 e. The number of rotatable bonds is 6. The number of pyridine rings is 1. The molecule has 2 aromatic heterocycles. The minimum absolute atomic E-state index is 0.188. The second-order valence-electron chi connectivity index (χ2n) is 7.88. The lowest BCUT2D eigenvalue weighted by Crippen LogP contribution is -2.35. The molecule has 7 nitrogen and oxygen atoms in total. The molecule has 0 unspecified atom stereocenters. The van der Waals surface area contributed by atoms with Crippen LogP contribution in [0.1, 0.15) is 46.2 Å². The molecule has 1 fully saturated rings. The molecular weight excluding hydrogens is 392 g/mol. The summed E-state index contributed by atoms with van der Waals surface area (Å²) in [5.74, 6) is 0.362. The van der Waals surface area contributed by atoms with Gasteiger partial charge >= 0.3 is 0 Å². The second kappa shape index (κ2) is 9.47. The molecule has 0 bridgehead atoms. The molecule has 1 saturated heterocycles. The minimum atomic E-state index is -0.355. The number of furan rings is 1. The molecule has 0 saturated carbocycles. The molecule has 7 heteroatoms. The van der Waals surface area contributed by atoms with Gasteiger partial charge in [0.05, 0.1) is 11.8 Å². The Morgan fingerprint density at radius 2 is 1.97 bits per heavy atom. The molecule has 1 aromatic carbocycles. The Kier molecular flexibility index (Phi) is 6.31. The van der Waals surface area contributed by atoms with Crippen LogP contribution in [0, 0.1) is 5.92 Å². The smallest absolute Gasteiger partial charge is 0.291 e. The van der Waals surface area contributed by atoms with Crippen molar-refractivity contribution < 1.29 is 14.0 Å². The monoisotopic (exact) mass is 418 g/mol. The van der Waals surface area contributed by atoms with Crippen molar-refractivity contribution in [2.75, 3.05) is 23.3 Å². The van der Waals surface area contributed by atoms with E-state index in [0.29, 0.717) is 23.7 Å². The van der Waals surface area contributed by atoms with Crippen LogP contribution in [0.4, 0.5) is 11.4 Å². The van der Waals surface area contributed by atoms with Crippen molar-refractivity contribution in [3.8, 4) is 0 Å².